The summed E-state index contributed by atoms with van der Waals surface area (Å²) in [5.74, 6) is 0. The number of ether oxygens (including phenoxy) is 1. The van der Waals surface area contributed by atoms with Crippen LogP contribution < -0.4 is 5.32 Å². The number of hydrogen-bond acceptors (Lipinski definition) is 3. The molecule has 0 radical (unpaired) electrons. The van der Waals surface area contributed by atoms with E-state index in [1.807, 2.05) is 19.9 Å². The van der Waals surface area contributed by atoms with Crippen LogP contribution >= 0.6 is 0 Å². The molecule has 0 aliphatic rings. The van der Waals surface area contributed by atoms with Crippen molar-refractivity contribution in [1.82, 2.24) is 5.32 Å². The summed E-state index contributed by atoms with van der Waals surface area (Å²) in [6.07, 6.45) is -0.274. The van der Waals surface area contributed by atoms with E-state index in [-0.39, 0.29) is 6.10 Å². The minimum atomic E-state index is -0.442. The smallest absolute Gasteiger partial charge is 0.0897 e. The van der Waals surface area contributed by atoms with E-state index in [2.05, 4.69) is 30.4 Å². The van der Waals surface area contributed by atoms with Crippen LogP contribution in [-0.2, 0) is 11.3 Å². The van der Waals surface area contributed by atoms with Gasteiger partial charge in [-0.2, -0.15) is 0 Å². The third kappa shape index (κ3) is 6.41. The average Bonchev–Trinajstić information content (AvgIpc) is 2.26. The second kappa shape index (κ2) is 7.43. The van der Waals surface area contributed by atoms with Gasteiger partial charge in [0.2, 0.25) is 0 Å². The van der Waals surface area contributed by atoms with Crippen LogP contribution in [-0.4, -0.2) is 30.5 Å². The van der Waals surface area contributed by atoms with Gasteiger partial charge in [-0.25, -0.2) is 0 Å². The second-order valence-corrected chi connectivity index (χ2v) is 4.66. The Hall–Kier alpha value is -0.900. The Labute approximate surface area is 104 Å². The molecule has 0 aromatic heterocycles. The number of rotatable bonds is 7. The van der Waals surface area contributed by atoms with Crippen molar-refractivity contribution in [3.63, 3.8) is 0 Å². The largest absolute Gasteiger partial charge is 0.389 e. The van der Waals surface area contributed by atoms with Crippen LogP contribution in [0.3, 0.4) is 0 Å². The van der Waals surface area contributed by atoms with Gasteiger partial charge < -0.3 is 15.2 Å². The highest BCUT2D eigenvalue weighted by Crippen LogP contribution is 2.03. The molecule has 2 N–H and O–H groups in total. The zero-order valence-electron chi connectivity index (χ0n) is 10.9. The van der Waals surface area contributed by atoms with Gasteiger partial charge in [0.25, 0.3) is 0 Å². The zero-order chi connectivity index (χ0) is 12.7. The first-order valence-corrected chi connectivity index (χ1v) is 6.14. The topological polar surface area (TPSA) is 41.5 Å². The number of nitrogens with one attached hydrogen (secondary N) is 1. The van der Waals surface area contributed by atoms with Gasteiger partial charge >= 0.3 is 0 Å². The second-order valence-electron chi connectivity index (χ2n) is 4.66. The van der Waals surface area contributed by atoms with E-state index in [1.165, 1.54) is 11.1 Å². The Morgan fingerprint density at radius 1 is 1.35 bits per heavy atom. The molecule has 0 saturated heterocycles. The van der Waals surface area contributed by atoms with Gasteiger partial charge in [-0.1, -0.05) is 29.8 Å². The van der Waals surface area contributed by atoms with E-state index < -0.39 is 6.10 Å². The van der Waals surface area contributed by atoms with E-state index in [4.69, 9.17) is 4.74 Å². The number of aryl methyl sites for hydroxylation is 1. The maximum Gasteiger partial charge on any atom is 0.0897 e. The first kappa shape index (κ1) is 14.2. The van der Waals surface area contributed by atoms with Crippen molar-refractivity contribution in [3.8, 4) is 0 Å². The molecule has 0 aliphatic heterocycles. The standard InChI is InChI=1S/C14H23NO2/c1-11(2)17-10-14(16)9-15-8-13-6-4-5-12(3)7-13/h4-7,11,14-16H,8-10H2,1-3H3. The van der Waals surface area contributed by atoms with E-state index in [9.17, 15) is 5.11 Å². The summed E-state index contributed by atoms with van der Waals surface area (Å²) in [5.41, 5.74) is 2.50. The molecule has 3 heteroatoms. The molecule has 1 aromatic rings. The molecule has 1 rings (SSSR count). The van der Waals surface area contributed by atoms with Gasteiger partial charge in [-0.05, 0) is 26.3 Å². The van der Waals surface area contributed by atoms with Crippen LogP contribution in [0.25, 0.3) is 0 Å². The molecular formula is C14H23NO2. The molecule has 0 heterocycles. The minimum Gasteiger partial charge on any atom is -0.389 e. The molecule has 0 amide bonds. The average molecular weight is 237 g/mol. The Morgan fingerprint density at radius 3 is 2.76 bits per heavy atom. The van der Waals surface area contributed by atoms with Crippen molar-refractivity contribution in [1.29, 1.82) is 0 Å². The number of hydrogen-bond donors (Lipinski definition) is 2. The van der Waals surface area contributed by atoms with E-state index in [0.29, 0.717) is 13.2 Å². The molecule has 0 fully saturated rings. The first-order chi connectivity index (χ1) is 8.08. The lowest BCUT2D eigenvalue weighted by Gasteiger charge is -2.14. The van der Waals surface area contributed by atoms with Gasteiger partial charge in [0, 0.05) is 13.1 Å². The summed E-state index contributed by atoms with van der Waals surface area (Å²) >= 11 is 0. The van der Waals surface area contributed by atoms with E-state index in [1.54, 1.807) is 0 Å². The highest BCUT2D eigenvalue weighted by atomic mass is 16.5. The number of aliphatic hydroxyl groups excluding tert-OH is 1. The molecule has 0 bridgehead atoms. The van der Waals surface area contributed by atoms with Crippen molar-refractivity contribution in [2.24, 2.45) is 0 Å². The Kier molecular flexibility index (Phi) is 6.19. The van der Waals surface area contributed by atoms with Gasteiger partial charge in [0.1, 0.15) is 0 Å². The quantitative estimate of drug-likeness (QED) is 0.760. The van der Waals surface area contributed by atoms with Crippen LogP contribution in [0.4, 0.5) is 0 Å². The maximum absolute atomic E-state index is 9.64. The minimum absolute atomic E-state index is 0.168. The molecule has 1 unspecified atom stereocenters. The molecule has 3 nitrogen and oxygen atoms in total. The first-order valence-electron chi connectivity index (χ1n) is 6.14. The van der Waals surface area contributed by atoms with Crippen LogP contribution in [0.5, 0.6) is 0 Å². The van der Waals surface area contributed by atoms with E-state index >= 15 is 0 Å². The lowest BCUT2D eigenvalue weighted by molar-refractivity contribution is 0.00630. The van der Waals surface area contributed by atoms with Crippen LogP contribution in [0.1, 0.15) is 25.0 Å². The summed E-state index contributed by atoms with van der Waals surface area (Å²) < 4.78 is 5.34. The fourth-order valence-electron chi connectivity index (χ4n) is 1.57. The van der Waals surface area contributed by atoms with Crippen molar-refractivity contribution < 1.29 is 9.84 Å². The molecule has 0 spiro atoms. The maximum atomic E-state index is 9.64. The zero-order valence-corrected chi connectivity index (χ0v) is 10.9. The lowest BCUT2D eigenvalue weighted by atomic mass is 10.1. The third-order valence-corrected chi connectivity index (χ3v) is 2.41. The van der Waals surface area contributed by atoms with Crippen LogP contribution in [0, 0.1) is 6.92 Å². The highest BCUT2D eigenvalue weighted by Gasteiger charge is 2.05. The summed E-state index contributed by atoms with van der Waals surface area (Å²) in [6, 6.07) is 8.35. The molecule has 0 aliphatic carbocycles. The summed E-state index contributed by atoms with van der Waals surface area (Å²) in [5, 5.41) is 12.9. The van der Waals surface area contributed by atoms with Gasteiger partial charge in [-0.3, -0.25) is 0 Å². The number of aliphatic hydroxyl groups is 1. The SMILES string of the molecule is Cc1cccc(CNCC(O)COC(C)C)c1. The van der Waals surface area contributed by atoms with Crippen LogP contribution in [0.15, 0.2) is 24.3 Å². The third-order valence-electron chi connectivity index (χ3n) is 2.41. The van der Waals surface area contributed by atoms with Gasteiger partial charge in [0.05, 0.1) is 18.8 Å². The highest BCUT2D eigenvalue weighted by molar-refractivity contribution is 5.21. The number of benzene rings is 1. The Bertz CT molecular complexity index is 326. The van der Waals surface area contributed by atoms with Crippen molar-refractivity contribution in [2.75, 3.05) is 13.2 Å². The molecule has 0 saturated carbocycles. The molecular weight excluding hydrogens is 214 g/mol. The summed E-state index contributed by atoms with van der Waals surface area (Å²) in [6.45, 7) is 7.73. The monoisotopic (exact) mass is 237 g/mol. The normalized spacial score (nSPS) is 13.0. The van der Waals surface area contributed by atoms with Gasteiger partial charge in [-0.15, -0.1) is 0 Å². The molecule has 1 atom stereocenters. The fraction of sp³-hybridized carbons (Fsp3) is 0.571. The van der Waals surface area contributed by atoms with Crippen molar-refractivity contribution in [2.45, 2.75) is 39.5 Å². The van der Waals surface area contributed by atoms with Crippen molar-refractivity contribution in [3.05, 3.63) is 35.4 Å². The Morgan fingerprint density at radius 2 is 2.12 bits per heavy atom. The Balaban J connectivity index is 2.19. The molecule has 1 aromatic carbocycles. The van der Waals surface area contributed by atoms with Crippen molar-refractivity contribution >= 4 is 0 Å². The van der Waals surface area contributed by atoms with Gasteiger partial charge in [0.15, 0.2) is 0 Å². The summed E-state index contributed by atoms with van der Waals surface area (Å²) in [7, 11) is 0. The lowest BCUT2D eigenvalue weighted by Crippen LogP contribution is -2.31. The predicted molar refractivity (Wildman–Crippen MR) is 70.0 cm³/mol. The molecule has 96 valence electrons. The fourth-order valence-corrected chi connectivity index (χ4v) is 1.57. The summed E-state index contributed by atoms with van der Waals surface area (Å²) in [4.78, 5) is 0. The van der Waals surface area contributed by atoms with E-state index in [0.717, 1.165) is 6.54 Å². The predicted octanol–water partition coefficient (Wildman–Crippen LogP) is 1.87. The van der Waals surface area contributed by atoms with Crippen LogP contribution in [0.2, 0.25) is 0 Å². The molecule has 17 heavy (non-hydrogen) atoms.